The number of rotatable bonds is 8. The molecule has 5 nitrogen and oxygen atoms in total. The summed E-state index contributed by atoms with van der Waals surface area (Å²) < 4.78 is 5.72. The van der Waals surface area contributed by atoms with Crippen LogP contribution in [-0.2, 0) is 6.54 Å². The fraction of sp³-hybridized carbons (Fsp3) is 0.647. The quantitative estimate of drug-likeness (QED) is 0.592. The first-order chi connectivity index (χ1) is 10.7. The molecule has 1 saturated carbocycles. The molecule has 22 heavy (non-hydrogen) atoms. The standard InChI is InChI=1S/C17H28N4O/c1-4-5-10-21(3)17(18-2)20-12-15-8-9-19-16(11-15)22-13-14-6-7-14/h8-9,11,14H,4-7,10,12-13H2,1-3H3,(H,18,20). The summed E-state index contributed by atoms with van der Waals surface area (Å²) in [6.07, 6.45) is 6.76. The van der Waals surface area contributed by atoms with Gasteiger partial charge in [0.05, 0.1) is 6.61 Å². The molecule has 0 unspecified atom stereocenters. The Kier molecular flexibility index (Phi) is 6.49. The van der Waals surface area contributed by atoms with Gasteiger partial charge in [0.2, 0.25) is 5.88 Å². The van der Waals surface area contributed by atoms with E-state index in [1.54, 1.807) is 0 Å². The van der Waals surface area contributed by atoms with Gasteiger partial charge >= 0.3 is 0 Å². The molecule has 0 radical (unpaired) electrons. The highest BCUT2D eigenvalue weighted by atomic mass is 16.5. The first-order valence-corrected chi connectivity index (χ1v) is 8.22. The number of guanidine groups is 1. The molecule has 2 rings (SSSR count). The molecule has 1 aliphatic carbocycles. The molecule has 1 N–H and O–H groups in total. The molecular formula is C17H28N4O. The smallest absolute Gasteiger partial charge is 0.213 e. The summed E-state index contributed by atoms with van der Waals surface area (Å²) in [5, 5.41) is 3.39. The molecule has 0 saturated heterocycles. The van der Waals surface area contributed by atoms with Crippen molar-refractivity contribution in [2.75, 3.05) is 27.2 Å². The summed E-state index contributed by atoms with van der Waals surface area (Å²) in [7, 11) is 3.89. The van der Waals surface area contributed by atoms with E-state index in [0.29, 0.717) is 0 Å². The van der Waals surface area contributed by atoms with E-state index in [4.69, 9.17) is 4.74 Å². The molecule has 0 aromatic carbocycles. The van der Waals surface area contributed by atoms with Gasteiger partial charge in [-0.1, -0.05) is 13.3 Å². The van der Waals surface area contributed by atoms with Crippen LogP contribution < -0.4 is 10.1 Å². The zero-order chi connectivity index (χ0) is 15.8. The Bertz CT molecular complexity index is 485. The summed E-state index contributed by atoms with van der Waals surface area (Å²) in [4.78, 5) is 10.8. The Morgan fingerprint density at radius 2 is 2.32 bits per heavy atom. The molecular weight excluding hydrogens is 276 g/mol. The zero-order valence-electron chi connectivity index (χ0n) is 14.0. The minimum atomic E-state index is 0.723. The number of aliphatic imine (C=N–C) groups is 1. The SMILES string of the molecule is CCCCN(C)C(=NC)NCc1ccnc(OCC2CC2)c1. The lowest BCUT2D eigenvalue weighted by atomic mass is 10.2. The Labute approximate surface area is 133 Å². The number of unbranched alkanes of at least 4 members (excludes halogenated alkanes) is 1. The van der Waals surface area contributed by atoms with E-state index in [2.05, 4.69) is 34.2 Å². The normalized spacial score (nSPS) is 14.8. The highest BCUT2D eigenvalue weighted by molar-refractivity contribution is 5.79. The van der Waals surface area contributed by atoms with E-state index >= 15 is 0 Å². The minimum absolute atomic E-state index is 0.723. The van der Waals surface area contributed by atoms with Crippen molar-refractivity contribution >= 4 is 5.96 Å². The van der Waals surface area contributed by atoms with E-state index in [-0.39, 0.29) is 0 Å². The van der Waals surface area contributed by atoms with E-state index in [0.717, 1.165) is 43.0 Å². The topological polar surface area (TPSA) is 49.8 Å². The largest absolute Gasteiger partial charge is 0.477 e. The molecule has 1 aromatic heterocycles. The number of nitrogens with zero attached hydrogens (tertiary/aromatic N) is 3. The molecule has 0 amide bonds. The number of hydrogen-bond donors (Lipinski definition) is 1. The second-order valence-electron chi connectivity index (χ2n) is 5.93. The summed E-state index contributed by atoms with van der Waals surface area (Å²) in [5.74, 6) is 2.39. The summed E-state index contributed by atoms with van der Waals surface area (Å²) >= 11 is 0. The van der Waals surface area contributed by atoms with Crippen LogP contribution in [0.15, 0.2) is 23.3 Å². The zero-order valence-corrected chi connectivity index (χ0v) is 14.0. The average molecular weight is 304 g/mol. The van der Waals surface area contributed by atoms with E-state index in [9.17, 15) is 0 Å². The van der Waals surface area contributed by atoms with Gasteiger partial charge < -0.3 is 15.0 Å². The van der Waals surface area contributed by atoms with E-state index in [1.807, 2.05) is 25.4 Å². The molecule has 0 bridgehead atoms. The lowest BCUT2D eigenvalue weighted by Crippen LogP contribution is -2.38. The van der Waals surface area contributed by atoms with E-state index < -0.39 is 0 Å². The van der Waals surface area contributed by atoms with Gasteiger partial charge in [0.25, 0.3) is 0 Å². The van der Waals surface area contributed by atoms with Crippen LogP contribution in [0.2, 0.25) is 0 Å². The Hall–Kier alpha value is -1.78. The van der Waals surface area contributed by atoms with Crippen molar-refractivity contribution in [2.24, 2.45) is 10.9 Å². The second kappa shape index (κ2) is 8.61. The fourth-order valence-corrected chi connectivity index (χ4v) is 2.19. The van der Waals surface area contributed by atoms with Crippen molar-refractivity contribution in [1.82, 2.24) is 15.2 Å². The monoisotopic (exact) mass is 304 g/mol. The maximum atomic E-state index is 5.72. The number of ether oxygens (including phenoxy) is 1. The van der Waals surface area contributed by atoms with Crippen molar-refractivity contribution in [3.05, 3.63) is 23.9 Å². The van der Waals surface area contributed by atoms with Crippen LogP contribution in [0.1, 0.15) is 38.2 Å². The maximum Gasteiger partial charge on any atom is 0.213 e. The Balaban J connectivity index is 1.82. The van der Waals surface area contributed by atoms with Crippen LogP contribution in [0.3, 0.4) is 0 Å². The predicted octanol–water partition coefficient (Wildman–Crippen LogP) is 2.68. The van der Waals surface area contributed by atoms with Crippen molar-refractivity contribution in [3.8, 4) is 5.88 Å². The summed E-state index contributed by atoms with van der Waals surface area (Å²) in [5.41, 5.74) is 1.16. The third kappa shape index (κ3) is 5.54. The van der Waals surface area contributed by atoms with E-state index in [1.165, 1.54) is 25.7 Å². The summed E-state index contributed by atoms with van der Waals surface area (Å²) in [6.45, 7) is 4.74. The lowest BCUT2D eigenvalue weighted by molar-refractivity contribution is 0.288. The average Bonchev–Trinajstić information content (AvgIpc) is 3.36. The molecule has 1 heterocycles. The highest BCUT2D eigenvalue weighted by Gasteiger charge is 2.22. The van der Waals surface area contributed by atoms with Gasteiger partial charge in [0.15, 0.2) is 5.96 Å². The fourth-order valence-electron chi connectivity index (χ4n) is 2.19. The highest BCUT2D eigenvalue weighted by Crippen LogP contribution is 2.29. The van der Waals surface area contributed by atoms with Gasteiger partial charge in [0, 0.05) is 39.4 Å². The molecule has 1 aliphatic rings. The van der Waals surface area contributed by atoms with Crippen molar-refractivity contribution in [3.63, 3.8) is 0 Å². The molecule has 0 atom stereocenters. The van der Waals surface area contributed by atoms with Gasteiger partial charge in [-0.05, 0) is 36.8 Å². The lowest BCUT2D eigenvalue weighted by Gasteiger charge is -2.21. The van der Waals surface area contributed by atoms with Crippen LogP contribution in [0.25, 0.3) is 0 Å². The molecule has 5 heteroatoms. The number of nitrogens with one attached hydrogen (secondary N) is 1. The first kappa shape index (κ1) is 16.6. The summed E-state index contributed by atoms with van der Waals surface area (Å²) in [6, 6.07) is 4.02. The third-order valence-electron chi connectivity index (χ3n) is 3.83. The number of pyridine rings is 1. The van der Waals surface area contributed by atoms with Crippen LogP contribution in [0.5, 0.6) is 5.88 Å². The van der Waals surface area contributed by atoms with Crippen LogP contribution >= 0.6 is 0 Å². The molecule has 0 spiro atoms. The minimum Gasteiger partial charge on any atom is -0.477 e. The molecule has 1 fully saturated rings. The van der Waals surface area contributed by atoms with Crippen LogP contribution in [-0.4, -0.2) is 43.1 Å². The third-order valence-corrected chi connectivity index (χ3v) is 3.83. The van der Waals surface area contributed by atoms with Crippen molar-refractivity contribution in [1.29, 1.82) is 0 Å². The van der Waals surface area contributed by atoms with Gasteiger partial charge in [-0.2, -0.15) is 0 Å². The van der Waals surface area contributed by atoms with Gasteiger partial charge in [-0.3, -0.25) is 4.99 Å². The molecule has 122 valence electrons. The van der Waals surface area contributed by atoms with Gasteiger partial charge in [0.1, 0.15) is 0 Å². The van der Waals surface area contributed by atoms with Gasteiger partial charge in [-0.25, -0.2) is 4.98 Å². The van der Waals surface area contributed by atoms with Crippen LogP contribution in [0, 0.1) is 5.92 Å². The molecule has 1 aromatic rings. The molecule has 0 aliphatic heterocycles. The van der Waals surface area contributed by atoms with Crippen molar-refractivity contribution in [2.45, 2.75) is 39.2 Å². The Morgan fingerprint density at radius 3 is 3.00 bits per heavy atom. The first-order valence-electron chi connectivity index (χ1n) is 8.22. The number of hydrogen-bond acceptors (Lipinski definition) is 3. The predicted molar refractivity (Wildman–Crippen MR) is 90.2 cm³/mol. The second-order valence-corrected chi connectivity index (χ2v) is 5.93. The van der Waals surface area contributed by atoms with Gasteiger partial charge in [-0.15, -0.1) is 0 Å². The van der Waals surface area contributed by atoms with Crippen LogP contribution in [0.4, 0.5) is 0 Å². The number of aromatic nitrogens is 1. The maximum absolute atomic E-state index is 5.72. The van der Waals surface area contributed by atoms with Crippen molar-refractivity contribution < 1.29 is 4.74 Å². The Morgan fingerprint density at radius 1 is 1.50 bits per heavy atom.